The first-order valence-corrected chi connectivity index (χ1v) is 9.75. The molecule has 2 aromatic carbocycles. The lowest BCUT2D eigenvalue weighted by atomic mass is 10.1. The fraction of sp³-hybridized carbons (Fsp3) is 0.217. The first kappa shape index (κ1) is 19.9. The van der Waals surface area contributed by atoms with Crippen molar-refractivity contribution in [3.05, 3.63) is 89.1 Å². The highest BCUT2D eigenvalue weighted by Crippen LogP contribution is 2.21. The van der Waals surface area contributed by atoms with Crippen molar-refractivity contribution in [1.29, 1.82) is 0 Å². The molecule has 3 rings (SSSR count). The van der Waals surface area contributed by atoms with E-state index in [4.69, 9.17) is 16.3 Å². The van der Waals surface area contributed by atoms with Gasteiger partial charge in [-0.25, -0.2) is 4.98 Å². The average molecular weight is 395 g/mol. The number of unbranched alkanes of at least 4 members (excludes halogenated alkanes) is 1. The van der Waals surface area contributed by atoms with E-state index in [1.807, 2.05) is 54.6 Å². The Morgan fingerprint density at radius 2 is 1.79 bits per heavy atom. The monoisotopic (exact) mass is 394 g/mol. The molecule has 0 saturated carbocycles. The number of benzene rings is 2. The zero-order chi connectivity index (χ0) is 19.8. The Balaban J connectivity index is 1.81. The summed E-state index contributed by atoms with van der Waals surface area (Å²) >= 11 is 5.98. The van der Waals surface area contributed by atoms with Crippen LogP contribution < -0.4 is 9.64 Å². The molecule has 5 heteroatoms. The van der Waals surface area contributed by atoms with Crippen molar-refractivity contribution in [2.24, 2.45) is 0 Å². The number of aromatic nitrogens is 1. The van der Waals surface area contributed by atoms with Crippen LogP contribution in [0.1, 0.15) is 35.7 Å². The molecule has 0 unspecified atom stereocenters. The maximum absolute atomic E-state index is 13.2. The number of nitrogens with zero attached hydrogens (tertiary/aromatic N) is 2. The van der Waals surface area contributed by atoms with E-state index in [0.717, 1.165) is 24.2 Å². The van der Waals surface area contributed by atoms with Crippen LogP contribution in [0.25, 0.3) is 0 Å². The molecule has 1 aromatic heterocycles. The molecule has 28 heavy (non-hydrogen) atoms. The third-order valence-electron chi connectivity index (χ3n) is 4.29. The van der Waals surface area contributed by atoms with Crippen molar-refractivity contribution >= 4 is 23.3 Å². The zero-order valence-electron chi connectivity index (χ0n) is 15.8. The summed E-state index contributed by atoms with van der Waals surface area (Å²) in [5.74, 6) is 1.26. The third kappa shape index (κ3) is 5.33. The summed E-state index contributed by atoms with van der Waals surface area (Å²) in [6.45, 7) is 3.21. The van der Waals surface area contributed by atoms with Gasteiger partial charge in [0, 0.05) is 16.8 Å². The Hall–Kier alpha value is -2.85. The van der Waals surface area contributed by atoms with Crippen molar-refractivity contribution in [3.63, 3.8) is 0 Å². The van der Waals surface area contributed by atoms with E-state index in [0.29, 0.717) is 29.6 Å². The molecule has 0 atom stereocenters. The van der Waals surface area contributed by atoms with Gasteiger partial charge in [0.2, 0.25) is 0 Å². The van der Waals surface area contributed by atoms with Crippen molar-refractivity contribution in [2.45, 2.75) is 26.3 Å². The molecule has 0 N–H and O–H groups in total. The van der Waals surface area contributed by atoms with Crippen LogP contribution in [-0.4, -0.2) is 17.5 Å². The third-order valence-corrected chi connectivity index (χ3v) is 4.54. The summed E-state index contributed by atoms with van der Waals surface area (Å²) in [5.41, 5.74) is 1.56. The number of halogens is 1. The summed E-state index contributed by atoms with van der Waals surface area (Å²) < 4.78 is 5.68. The zero-order valence-corrected chi connectivity index (χ0v) is 16.6. The van der Waals surface area contributed by atoms with Crippen LogP contribution in [0.2, 0.25) is 5.02 Å². The van der Waals surface area contributed by atoms with Gasteiger partial charge in [-0.1, -0.05) is 43.1 Å². The number of carbonyl (C=O) groups is 1. The Morgan fingerprint density at radius 1 is 1.04 bits per heavy atom. The Kier molecular flexibility index (Phi) is 7.04. The molecule has 0 fully saturated rings. The predicted octanol–water partition coefficient (Wildman–Crippen LogP) is 5.76. The van der Waals surface area contributed by atoms with Gasteiger partial charge in [-0.05, 0) is 60.5 Å². The Bertz CT molecular complexity index is 881. The lowest BCUT2D eigenvalue weighted by molar-refractivity contribution is 0.0984. The number of hydrogen-bond donors (Lipinski definition) is 0. The second-order valence-electron chi connectivity index (χ2n) is 6.43. The quantitative estimate of drug-likeness (QED) is 0.456. The van der Waals surface area contributed by atoms with Crippen molar-refractivity contribution < 1.29 is 9.53 Å². The SMILES string of the molecule is CCCCOc1ccc(C(=O)N(Cc2ccc(Cl)cc2)c2ccccn2)cc1. The molecule has 0 bridgehead atoms. The maximum Gasteiger partial charge on any atom is 0.259 e. The largest absolute Gasteiger partial charge is 0.494 e. The van der Waals surface area contributed by atoms with Gasteiger partial charge in [0.1, 0.15) is 11.6 Å². The highest BCUT2D eigenvalue weighted by Gasteiger charge is 2.19. The lowest BCUT2D eigenvalue weighted by Gasteiger charge is -2.22. The molecular formula is C23H23ClN2O2. The van der Waals surface area contributed by atoms with Crippen LogP contribution in [0.3, 0.4) is 0 Å². The van der Waals surface area contributed by atoms with Gasteiger partial charge in [-0.15, -0.1) is 0 Å². The van der Waals surface area contributed by atoms with E-state index < -0.39 is 0 Å². The molecule has 1 amide bonds. The number of amides is 1. The average Bonchev–Trinajstić information content (AvgIpc) is 2.74. The van der Waals surface area contributed by atoms with E-state index in [1.165, 1.54) is 0 Å². The van der Waals surface area contributed by atoms with Crippen molar-refractivity contribution in [3.8, 4) is 5.75 Å². The van der Waals surface area contributed by atoms with Gasteiger partial charge in [0.15, 0.2) is 0 Å². The van der Waals surface area contributed by atoms with Crippen LogP contribution in [0.4, 0.5) is 5.82 Å². The van der Waals surface area contributed by atoms with Crippen LogP contribution in [0.5, 0.6) is 5.75 Å². The Labute approximate surface area is 170 Å². The molecule has 0 saturated heterocycles. The number of anilines is 1. The molecule has 4 nitrogen and oxygen atoms in total. The van der Waals surface area contributed by atoms with Crippen LogP contribution >= 0.6 is 11.6 Å². The topological polar surface area (TPSA) is 42.4 Å². The first-order chi connectivity index (χ1) is 13.7. The first-order valence-electron chi connectivity index (χ1n) is 9.37. The lowest BCUT2D eigenvalue weighted by Crippen LogP contribution is -2.31. The van der Waals surface area contributed by atoms with Crippen molar-refractivity contribution in [2.75, 3.05) is 11.5 Å². The minimum absolute atomic E-state index is 0.117. The molecule has 0 aliphatic heterocycles. The van der Waals surface area contributed by atoms with E-state index in [9.17, 15) is 4.79 Å². The van der Waals surface area contributed by atoms with E-state index in [-0.39, 0.29) is 5.91 Å². The summed E-state index contributed by atoms with van der Waals surface area (Å²) in [6.07, 6.45) is 3.78. The van der Waals surface area contributed by atoms with Gasteiger partial charge >= 0.3 is 0 Å². The van der Waals surface area contributed by atoms with Crippen LogP contribution in [0.15, 0.2) is 72.9 Å². The fourth-order valence-corrected chi connectivity index (χ4v) is 2.85. The fourth-order valence-electron chi connectivity index (χ4n) is 2.73. The Morgan fingerprint density at radius 3 is 2.43 bits per heavy atom. The van der Waals surface area contributed by atoms with Crippen LogP contribution in [-0.2, 0) is 6.54 Å². The van der Waals surface area contributed by atoms with Gasteiger partial charge in [0.05, 0.1) is 13.2 Å². The molecule has 0 spiro atoms. The normalized spacial score (nSPS) is 10.5. The number of pyridine rings is 1. The minimum Gasteiger partial charge on any atom is -0.494 e. The second kappa shape index (κ2) is 9.90. The molecule has 144 valence electrons. The molecular weight excluding hydrogens is 372 g/mol. The van der Waals surface area contributed by atoms with Gasteiger partial charge in [-0.3, -0.25) is 9.69 Å². The molecule has 0 aliphatic carbocycles. The molecule has 0 radical (unpaired) electrons. The summed E-state index contributed by atoms with van der Waals surface area (Å²) in [7, 11) is 0. The van der Waals surface area contributed by atoms with Crippen molar-refractivity contribution in [1.82, 2.24) is 4.98 Å². The van der Waals surface area contributed by atoms with E-state index >= 15 is 0 Å². The number of rotatable bonds is 8. The highest BCUT2D eigenvalue weighted by molar-refractivity contribution is 6.30. The smallest absolute Gasteiger partial charge is 0.259 e. The second-order valence-corrected chi connectivity index (χ2v) is 6.87. The highest BCUT2D eigenvalue weighted by atomic mass is 35.5. The van der Waals surface area contributed by atoms with E-state index in [1.54, 1.807) is 23.2 Å². The molecule has 1 heterocycles. The summed E-state index contributed by atoms with van der Waals surface area (Å²) in [5, 5.41) is 0.665. The van der Waals surface area contributed by atoms with Crippen LogP contribution in [0, 0.1) is 0 Å². The molecule has 3 aromatic rings. The molecule has 0 aliphatic rings. The standard InChI is InChI=1S/C23H23ClN2O2/c1-2-3-16-28-21-13-9-19(10-14-21)23(27)26(22-6-4-5-15-25-22)17-18-7-11-20(24)12-8-18/h4-15H,2-3,16-17H2,1H3. The summed E-state index contributed by atoms with van der Waals surface area (Å²) in [4.78, 5) is 19.2. The number of carbonyl (C=O) groups excluding carboxylic acids is 1. The predicted molar refractivity (Wildman–Crippen MR) is 113 cm³/mol. The van der Waals surface area contributed by atoms with Gasteiger partial charge in [-0.2, -0.15) is 0 Å². The number of ether oxygens (including phenoxy) is 1. The number of hydrogen-bond acceptors (Lipinski definition) is 3. The van der Waals surface area contributed by atoms with Gasteiger partial charge < -0.3 is 4.74 Å². The summed E-state index contributed by atoms with van der Waals surface area (Å²) in [6, 6.07) is 20.3. The minimum atomic E-state index is -0.117. The van der Waals surface area contributed by atoms with E-state index in [2.05, 4.69) is 11.9 Å². The van der Waals surface area contributed by atoms with Gasteiger partial charge in [0.25, 0.3) is 5.91 Å². The maximum atomic E-state index is 13.2.